The molecule has 0 aliphatic heterocycles. The molecule has 0 radical (unpaired) electrons. The molecule has 5 heteroatoms. The van der Waals surface area contributed by atoms with Crippen LogP contribution in [0.1, 0.15) is 65.7 Å². The van der Waals surface area contributed by atoms with Crippen LogP contribution >= 0.6 is 0 Å². The highest BCUT2D eigenvalue weighted by molar-refractivity contribution is 6.07. The zero-order chi connectivity index (χ0) is 24.0. The van der Waals surface area contributed by atoms with Crippen LogP contribution in [0, 0.1) is 0 Å². The molecule has 0 saturated carbocycles. The molecule has 0 saturated heterocycles. The fourth-order valence-electron chi connectivity index (χ4n) is 5.01. The van der Waals surface area contributed by atoms with Crippen LogP contribution < -0.4 is 5.32 Å². The molecule has 5 nitrogen and oxygen atoms in total. The maximum atomic E-state index is 13.3. The SMILES string of the molecule is O=C(COC(=O)c1c2c(nc3ccccc13)C(=Cc1ccccc1)CC2)NCCC1=CCCCC1. The summed E-state index contributed by atoms with van der Waals surface area (Å²) in [6.45, 7) is 0.291. The largest absolute Gasteiger partial charge is 0.452 e. The van der Waals surface area contributed by atoms with E-state index in [0.717, 1.165) is 65.4 Å². The highest BCUT2D eigenvalue weighted by Gasteiger charge is 2.28. The number of carbonyl (C=O) groups excluding carboxylic acids is 2. The van der Waals surface area contributed by atoms with Gasteiger partial charge in [-0.2, -0.15) is 0 Å². The zero-order valence-corrected chi connectivity index (χ0v) is 19.9. The first-order chi connectivity index (χ1) is 17.2. The normalized spacial score (nSPS) is 16.1. The number of pyridine rings is 1. The molecule has 0 fully saturated rings. The third kappa shape index (κ3) is 5.35. The Balaban J connectivity index is 1.32. The van der Waals surface area contributed by atoms with Gasteiger partial charge in [-0.3, -0.25) is 4.79 Å². The minimum Gasteiger partial charge on any atom is -0.452 e. The first kappa shape index (κ1) is 23.0. The van der Waals surface area contributed by atoms with E-state index in [1.807, 2.05) is 42.5 Å². The van der Waals surface area contributed by atoms with Crippen LogP contribution in [0.25, 0.3) is 22.6 Å². The minimum atomic E-state index is -0.467. The van der Waals surface area contributed by atoms with Crippen molar-refractivity contribution >= 4 is 34.4 Å². The number of hydrogen-bond acceptors (Lipinski definition) is 4. The van der Waals surface area contributed by atoms with Crippen molar-refractivity contribution in [1.82, 2.24) is 10.3 Å². The first-order valence-electron chi connectivity index (χ1n) is 12.5. The van der Waals surface area contributed by atoms with Crippen LogP contribution in [0.4, 0.5) is 0 Å². The number of allylic oxidation sites excluding steroid dienone is 2. The van der Waals surface area contributed by atoms with Gasteiger partial charge in [0, 0.05) is 11.9 Å². The molecule has 2 aliphatic carbocycles. The maximum Gasteiger partial charge on any atom is 0.339 e. The van der Waals surface area contributed by atoms with E-state index in [4.69, 9.17) is 9.72 Å². The number of fused-ring (bicyclic) bond motifs is 2. The van der Waals surface area contributed by atoms with Gasteiger partial charge >= 0.3 is 5.97 Å². The predicted molar refractivity (Wildman–Crippen MR) is 139 cm³/mol. The molecule has 0 bridgehead atoms. The molecule has 35 heavy (non-hydrogen) atoms. The quantitative estimate of drug-likeness (QED) is 0.348. The predicted octanol–water partition coefficient (Wildman–Crippen LogP) is 5.89. The Bertz CT molecular complexity index is 1310. The summed E-state index contributed by atoms with van der Waals surface area (Å²) in [5.41, 5.74) is 6.67. The molecule has 5 rings (SSSR count). The van der Waals surface area contributed by atoms with Gasteiger partial charge in [0.25, 0.3) is 5.91 Å². The van der Waals surface area contributed by atoms with Crippen molar-refractivity contribution in [3.8, 4) is 0 Å². The van der Waals surface area contributed by atoms with E-state index in [2.05, 4.69) is 29.6 Å². The topological polar surface area (TPSA) is 68.3 Å². The van der Waals surface area contributed by atoms with Crippen molar-refractivity contribution in [3.05, 3.63) is 88.6 Å². The number of hydrogen-bond donors (Lipinski definition) is 1. The van der Waals surface area contributed by atoms with E-state index in [1.54, 1.807) is 0 Å². The summed E-state index contributed by atoms with van der Waals surface area (Å²) in [7, 11) is 0. The average Bonchev–Trinajstić information content (AvgIpc) is 3.29. The Kier molecular flexibility index (Phi) is 7.03. The number of ether oxygens (including phenoxy) is 1. The molecule has 0 spiro atoms. The first-order valence-corrected chi connectivity index (χ1v) is 12.5. The standard InChI is InChI=1S/C30H30N2O3/c33-27(31-18-17-21-9-3-1-4-10-21)20-35-30(34)28-24-13-7-8-14-26(24)32-29-23(15-16-25(28)29)19-22-11-5-2-6-12-22/h2,5-9,11-14,19H,1,3-4,10,15-18,20H2,(H,31,33). The van der Waals surface area contributed by atoms with Crippen LogP contribution in [0.2, 0.25) is 0 Å². The van der Waals surface area contributed by atoms with Gasteiger partial charge < -0.3 is 10.1 Å². The van der Waals surface area contributed by atoms with Gasteiger partial charge in [-0.25, -0.2) is 9.78 Å². The highest BCUT2D eigenvalue weighted by atomic mass is 16.5. The van der Waals surface area contributed by atoms with Crippen molar-refractivity contribution < 1.29 is 14.3 Å². The molecule has 1 N–H and O–H groups in total. The number of carbonyl (C=O) groups is 2. The Morgan fingerprint density at radius 3 is 2.63 bits per heavy atom. The van der Waals surface area contributed by atoms with Crippen LogP contribution in [0.5, 0.6) is 0 Å². The summed E-state index contributed by atoms with van der Waals surface area (Å²) in [5, 5.41) is 3.65. The van der Waals surface area contributed by atoms with Crippen molar-refractivity contribution in [2.24, 2.45) is 0 Å². The fourth-order valence-corrected chi connectivity index (χ4v) is 5.01. The molecule has 178 valence electrons. The lowest BCUT2D eigenvalue weighted by Crippen LogP contribution is -2.30. The van der Waals surface area contributed by atoms with E-state index in [9.17, 15) is 9.59 Å². The lowest BCUT2D eigenvalue weighted by Gasteiger charge is -2.14. The number of rotatable bonds is 7. The summed E-state index contributed by atoms with van der Waals surface area (Å²) < 4.78 is 5.51. The number of para-hydroxylation sites is 1. The third-order valence-electron chi connectivity index (χ3n) is 6.77. The Morgan fingerprint density at radius 2 is 1.80 bits per heavy atom. The minimum absolute atomic E-state index is 0.269. The number of esters is 1. The monoisotopic (exact) mass is 466 g/mol. The smallest absolute Gasteiger partial charge is 0.339 e. The molecule has 2 aliphatic rings. The van der Waals surface area contributed by atoms with Gasteiger partial charge in [-0.05, 0) is 73.8 Å². The Morgan fingerprint density at radius 1 is 0.971 bits per heavy atom. The highest BCUT2D eigenvalue weighted by Crippen LogP contribution is 2.37. The second-order valence-corrected chi connectivity index (χ2v) is 9.20. The fraction of sp³-hybridized carbons (Fsp3) is 0.300. The van der Waals surface area contributed by atoms with Crippen molar-refractivity contribution in [3.63, 3.8) is 0 Å². The molecular weight excluding hydrogens is 436 g/mol. The van der Waals surface area contributed by atoms with Crippen LogP contribution in [0.15, 0.2) is 66.2 Å². The molecular formula is C30H30N2O3. The van der Waals surface area contributed by atoms with E-state index in [1.165, 1.54) is 18.4 Å². The van der Waals surface area contributed by atoms with Gasteiger partial charge in [0.05, 0.1) is 16.8 Å². The van der Waals surface area contributed by atoms with Crippen molar-refractivity contribution in [1.29, 1.82) is 0 Å². The molecule has 0 atom stereocenters. The van der Waals surface area contributed by atoms with Crippen LogP contribution in [-0.2, 0) is 16.0 Å². The Labute approximate surface area is 205 Å². The zero-order valence-electron chi connectivity index (χ0n) is 19.9. The summed E-state index contributed by atoms with van der Waals surface area (Å²) in [4.78, 5) is 30.5. The molecule has 0 unspecified atom stereocenters. The number of nitrogens with zero attached hydrogens (tertiary/aromatic N) is 1. The number of amides is 1. The number of nitrogens with one attached hydrogen (secondary N) is 1. The molecule has 1 heterocycles. The molecule has 3 aromatic rings. The number of benzene rings is 2. The van der Waals surface area contributed by atoms with Gasteiger partial charge in [-0.15, -0.1) is 0 Å². The van der Waals surface area contributed by atoms with E-state index < -0.39 is 5.97 Å². The van der Waals surface area contributed by atoms with Gasteiger partial charge in [0.2, 0.25) is 0 Å². The second kappa shape index (κ2) is 10.7. The summed E-state index contributed by atoms with van der Waals surface area (Å²) >= 11 is 0. The van der Waals surface area contributed by atoms with Gasteiger partial charge in [-0.1, -0.05) is 60.2 Å². The average molecular weight is 467 g/mol. The van der Waals surface area contributed by atoms with E-state index in [-0.39, 0.29) is 12.5 Å². The summed E-state index contributed by atoms with van der Waals surface area (Å²) in [6.07, 6.45) is 11.5. The lowest BCUT2D eigenvalue weighted by molar-refractivity contribution is -0.124. The van der Waals surface area contributed by atoms with Gasteiger partial charge in [0.15, 0.2) is 6.61 Å². The third-order valence-corrected chi connectivity index (χ3v) is 6.77. The summed E-state index contributed by atoms with van der Waals surface area (Å²) in [6, 6.07) is 17.8. The number of aromatic nitrogens is 1. The van der Waals surface area contributed by atoms with Crippen molar-refractivity contribution in [2.75, 3.05) is 13.2 Å². The van der Waals surface area contributed by atoms with E-state index >= 15 is 0 Å². The summed E-state index contributed by atoms with van der Waals surface area (Å²) in [5.74, 6) is -0.736. The lowest BCUT2D eigenvalue weighted by atomic mass is 9.97. The Hall–Kier alpha value is -3.73. The molecule has 2 aromatic carbocycles. The molecule has 1 amide bonds. The molecule has 1 aromatic heterocycles. The maximum absolute atomic E-state index is 13.3. The van der Waals surface area contributed by atoms with Crippen molar-refractivity contribution in [2.45, 2.75) is 44.9 Å². The van der Waals surface area contributed by atoms with Crippen LogP contribution in [0.3, 0.4) is 0 Å². The van der Waals surface area contributed by atoms with Crippen LogP contribution in [-0.4, -0.2) is 30.0 Å². The second-order valence-electron chi connectivity index (χ2n) is 9.20. The van der Waals surface area contributed by atoms with Gasteiger partial charge in [0.1, 0.15) is 0 Å². The van der Waals surface area contributed by atoms with E-state index in [0.29, 0.717) is 12.1 Å².